The van der Waals surface area contributed by atoms with Crippen LogP contribution in [-0.2, 0) is 29.1 Å². The van der Waals surface area contributed by atoms with E-state index < -0.39 is 0 Å². The van der Waals surface area contributed by atoms with Crippen molar-refractivity contribution in [3.05, 3.63) is 83.6 Å². The molecule has 1 aliphatic carbocycles. The average Bonchev–Trinajstić information content (AvgIpc) is 3.64. The molecule has 0 unspecified atom stereocenters. The van der Waals surface area contributed by atoms with Crippen molar-refractivity contribution in [3.63, 3.8) is 0 Å². The van der Waals surface area contributed by atoms with Gasteiger partial charge in [0.25, 0.3) is 0 Å². The van der Waals surface area contributed by atoms with Gasteiger partial charge in [-0.15, -0.1) is 0 Å². The van der Waals surface area contributed by atoms with E-state index in [2.05, 4.69) is 18.2 Å². The van der Waals surface area contributed by atoms with Crippen molar-refractivity contribution in [2.75, 3.05) is 13.2 Å². The van der Waals surface area contributed by atoms with Gasteiger partial charge in [0.05, 0.1) is 25.9 Å². The van der Waals surface area contributed by atoms with Crippen LogP contribution in [0.25, 0.3) is 22.1 Å². The lowest BCUT2D eigenvalue weighted by Gasteiger charge is -2.12. The Morgan fingerprint density at radius 1 is 0.972 bits per heavy atom. The zero-order chi connectivity index (χ0) is 24.9. The average molecular weight is 486 g/mol. The van der Waals surface area contributed by atoms with E-state index in [1.165, 1.54) is 12.8 Å². The molecular formula is C30H31NO5. The molecule has 0 bridgehead atoms. The molecule has 186 valence electrons. The second-order valence-corrected chi connectivity index (χ2v) is 9.15. The fourth-order valence-corrected chi connectivity index (χ4v) is 4.23. The SMILES string of the molecule is CCOC(=O)Cc1ccccc1OCc1coc2c(OCC3CC3)cc(-c3cccc(CN)c3)cc12. The summed E-state index contributed by atoms with van der Waals surface area (Å²) in [6, 6.07) is 19.9. The number of rotatable bonds is 11. The molecule has 0 saturated heterocycles. The second-order valence-electron chi connectivity index (χ2n) is 9.15. The molecule has 0 atom stereocenters. The van der Waals surface area contributed by atoms with Gasteiger partial charge in [-0.3, -0.25) is 4.79 Å². The molecule has 0 spiro atoms. The number of fused-ring (bicyclic) bond motifs is 1. The number of hydrogen-bond donors (Lipinski definition) is 1. The lowest BCUT2D eigenvalue weighted by atomic mass is 10.00. The van der Waals surface area contributed by atoms with Gasteiger partial charge < -0.3 is 24.4 Å². The van der Waals surface area contributed by atoms with Gasteiger partial charge in [0.15, 0.2) is 11.3 Å². The number of furan rings is 1. The van der Waals surface area contributed by atoms with Crippen LogP contribution >= 0.6 is 0 Å². The van der Waals surface area contributed by atoms with E-state index in [1.54, 1.807) is 13.2 Å². The monoisotopic (exact) mass is 485 g/mol. The Labute approximate surface area is 211 Å². The normalized spacial score (nSPS) is 13.1. The molecule has 6 nitrogen and oxygen atoms in total. The number of carbonyl (C=O) groups is 1. The summed E-state index contributed by atoms with van der Waals surface area (Å²) >= 11 is 0. The van der Waals surface area contributed by atoms with Crippen molar-refractivity contribution < 1.29 is 23.4 Å². The van der Waals surface area contributed by atoms with Gasteiger partial charge in [0, 0.05) is 23.1 Å². The number of benzene rings is 3. The van der Waals surface area contributed by atoms with Crippen LogP contribution in [0, 0.1) is 5.92 Å². The van der Waals surface area contributed by atoms with Crippen molar-refractivity contribution in [2.24, 2.45) is 11.7 Å². The molecule has 0 amide bonds. The van der Waals surface area contributed by atoms with Crippen LogP contribution in [0.15, 0.2) is 71.3 Å². The Bertz CT molecular complexity index is 1350. The van der Waals surface area contributed by atoms with Gasteiger partial charge >= 0.3 is 5.97 Å². The fourth-order valence-electron chi connectivity index (χ4n) is 4.23. The summed E-state index contributed by atoms with van der Waals surface area (Å²) in [6.07, 6.45) is 4.31. The van der Waals surface area contributed by atoms with Crippen LogP contribution in [-0.4, -0.2) is 19.2 Å². The highest BCUT2D eigenvalue weighted by Gasteiger charge is 2.23. The molecule has 6 heteroatoms. The number of ether oxygens (including phenoxy) is 3. The molecule has 4 aromatic rings. The Kier molecular flexibility index (Phi) is 7.23. The van der Waals surface area contributed by atoms with Crippen LogP contribution in [0.1, 0.15) is 36.5 Å². The van der Waals surface area contributed by atoms with E-state index in [0.29, 0.717) is 43.6 Å². The summed E-state index contributed by atoms with van der Waals surface area (Å²) in [6.45, 7) is 3.62. The Hall–Kier alpha value is -3.77. The maximum Gasteiger partial charge on any atom is 0.310 e. The Morgan fingerprint density at radius 3 is 2.64 bits per heavy atom. The van der Waals surface area contributed by atoms with Gasteiger partial charge in [-0.1, -0.05) is 36.4 Å². The highest BCUT2D eigenvalue weighted by atomic mass is 16.5. The Balaban J connectivity index is 1.45. The third-order valence-electron chi connectivity index (χ3n) is 6.38. The van der Waals surface area contributed by atoms with Crippen molar-refractivity contribution in [3.8, 4) is 22.6 Å². The van der Waals surface area contributed by atoms with Crippen molar-refractivity contribution in [1.29, 1.82) is 0 Å². The highest BCUT2D eigenvalue weighted by molar-refractivity contribution is 5.91. The van der Waals surface area contributed by atoms with Crippen molar-refractivity contribution >= 4 is 16.9 Å². The molecule has 1 aliphatic rings. The largest absolute Gasteiger partial charge is 0.489 e. The lowest BCUT2D eigenvalue weighted by Crippen LogP contribution is -2.09. The third-order valence-corrected chi connectivity index (χ3v) is 6.38. The van der Waals surface area contributed by atoms with E-state index in [9.17, 15) is 4.79 Å². The first-order valence-electron chi connectivity index (χ1n) is 12.5. The molecule has 2 N–H and O–H groups in total. The summed E-state index contributed by atoms with van der Waals surface area (Å²) in [5.74, 6) is 1.74. The first-order chi connectivity index (χ1) is 17.6. The summed E-state index contributed by atoms with van der Waals surface area (Å²) < 4.78 is 23.5. The van der Waals surface area contributed by atoms with Crippen LogP contribution < -0.4 is 15.2 Å². The number of nitrogens with two attached hydrogens (primary N) is 1. The fraction of sp³-hybridized carbons (Fsp3) is 0.300. The van der Waals surface area contributed by atoms with Crippen molar-refractivity contribution in [1.82, 2.24) is 0 Å². The van der Waals surface area contributed by atoms with Crippen LogP contribution in [0.4, 0.5) is 0 Å². The molecule has 1 saturated carbocycles. The van der Waals surface area contributed by atoms with Crippen molar-refractivity contribution in [2.45, 2.75) is 39.3 Å². The number of hydrogen-bond acceptors (Lipinski definition) is 6. The zero-order valence-electron chi connectivity index (χ0n) is 20.5. The predicted octanol–water partition coefficient (Wildman–Crippen LogP) is 6.03. The van der Waals surface area contributed by atoms with E-state index in [4.69, 9.17) is 24.4 Å². The lowest BCUT2D eigenvalue weighted by molar-refractivity contribution is -0.142. The predicted molar refractivity (Wildman–Crippen MR) is 139 cm³/mol. The smallest absolute Gasteiger partial charge is 0.310 e. The third kappa shape index (κ3) is 5.55. The summed E-state index contributed by atoms with van der Waals surface area (Å²) in [5, 5.41) is 0.944. The molecule has 3 aromatic carbocycles. The van der Waals surface area contributed by atoms with Crippen LogP contribution in [0.3, 0.4) is 0 Å². The standard InChI is InChI=1S/C30H31NO5/c1-2-33-29(32)15-23-7-3-4-9-27(23)35-18-25-19-36-30-26(25)13-24(14-28(30)34-17-20-10-11-20)22-8-5-6-21(12-22)16-31/h3-9,12-14,19-20H,2,10-11,15-18,31H2,1H3. The van der Waals surface area contributed by atoms with Crippen LogP contribution in [0.5, 0.6) is 11.5 Å². The van der Waals surface area contributed by atoms with E-state index in [1.807, 2.05) is 42.5 Å². The maximum atomic E-state index is 12.0. The summed E-state index contributed by atoms with van der Waals surface area (Å²) in [7, 11) is 0. The topological polar surface area (TPSA) is 83.9 Å². The molecule has 0 radical (unpaired) electrons. The second kappa shape index (κ2) is 10.9. The molecular weight excluding hydrogens is 454 g/mol. The van der Waals surface area contributed by atoms with Gasteiger partial charge in [0.1, 0.15) is 12.4 Å². The minimum atomic E-state index is -0.274. The highest BCUT2D eigenvalue weighted by Crippen LogP contribution is 2.38. The van der Waals surface area contributed by atoms with Gasteiger partial charge in [0.2, 0.25) is 0 Å². The number of esters is 1. The summed E-state index contributed by atoms with van der Waals surface area (Å²) in [4.78, 5) is 12.0. The van der Waals surface area contributed by atoms with Gasteiger partial charge in [-0.05, 0) is 66.6 Å². The zero-order valence-corrected chi connectivity index (χ0v) is 20.5. The van der Waals surface area contributed by atoms with E-state index in [-0.39, 0.29) is 12.4 Å². The maximum absolute atomic E-state index is 12.0. The van der Waals surface area contributed by atoms with Crippen LogP contribution in [0.2, 0.25) is 0 Å². The molecule has 5 rings (SSSR count). The minimum absolute atomic E-state index is 0.164. The van der Waals surface area contributed by atoms with E-state index >= 15 is 0 Å². The quantitative estimate of drug-likeness (QED) is 0.261. The summed E-state index contributed by atoms with van der Waals surface area (Å²) in [5.41, 5.74) is 11.5. The molecule has 1 fully saturated rings. The minimum Gasteiger partial charge on any atom is -0.489 e. The first kappa shape index (κ1) is 23.9. The molecule has 0 aliphatic heterocycles. The number of carbonyl (C=O) groups excluding carboxylic acids is 1. The molecule has 36 heavy (non-hydrogen) atoms. The molecule has 1 heterocycles. The molecule has 1 aromatic heterocycles. The first-order valence-corrected chi connectivity index (χ1v) is 12.5. The Morgan fingerprint density at radius 2 is 1.83 bits per heavy atom. The van der Waals surface area contributed by atoms with Gasteiger partial charge in [-0.2, -0.15) is 0 Å². The van der Waals surface area contributed by atoms with E-state index in [0.717, 1.165) is 39.0 Å². The number of para-hydroxylation sites is 1. The van der Waals surface area contributed by atoms with Gasteiger partial charge in [-0.25, -0.2) is 0 Å².